The summed E-state index contributed by atoms with van der Waals surface area (Å²) in [6.45, 7) is 4.13. The number of aromatic nitrogens is 2. The third-order valence-corrected chi connectivity index (χ3v) is 4.72. The number of nitrogens with zero attached hydrogens (tertiary/aromatic N) is 3. The molecule has 0 radical (unpaired) electrons. The summed E-state index contributed by atoms with van der Waals surface area (Å²) in [7, 11) is 0. The number of pyridine rings is 2. The minimum atomic E-state index is -2.63. The van der Waals surface area contributed by atoms with Crippen LogP contribution in [0.1, 0.15) is 41.4 Å². The van der Waals surface area contributed by atoms with E-state index in [4.69, 9.17) is 11.6 Å². The fourth-order valence-electron chi connectivity index (χ4n) is 3.18. The van der Waals surface area contributed by atoms with E-state index in [1.54, 1.807) is 13.0 Å². The van der Waals surface area contributed by atoms with Crippen LogP contribution in [0.3, 0.4) is 0 Å². The fraction of sp³-hybridized carbons (Fsp3) is 0.368. The Balaban J connectivity index is 1.66. The number of halogens is 3. The number of hydrogen-bond donors (Lipinski definition) is 2. The van der Waals surface area contributed by atoms with Crippen molar-refractivity contribution in [1.82, 2.24) is 15.3 Å². The molecule has 10 heteroatoms. The van der Waals surface area contributed by atoms with E-state index in [2.05, 4.69) is 20.6 Å². The Kier molecular flexibility index (Phi) is 6.26. The molecule has 1 aliphatic heterocycles. The molecule has 0 aromatic carbocycles. The van der Waals surface area contributed by atoms with Crippen molar-refractivity contribution in [2.75, 3.05) is 23.3 Å². The molecule has 2 amide bonds. The summed E-state index contributed by atoms with van der Waals surface area (Å²) in [6.07, 6.45) is -0.866. The largest absolute Gasteiger partial charge is 0.353 e. The number of anilines is 2. The van der Waals surface area contributed by atoms with Crippen LogP contribution in [0.5, 0.6) is 0 Å². The predicted molar refractivity (Wildman–Crippen MR) is 106 cm³/mol. The van der Waals surface area contributed by atoms with E-state index in [9.17, 15) is 18.4 Å². The molecule has 3 heterocycles. The van der Waals surface area contributed by atoms with E-state index in [1.807, 2.05) is 4.90 Å². The van der Waals surface area contributed by atoms with Crippen molar-refractivity contribution in [3.05, 3.63) is 46.2 Å². The van der Waals surface area contributed by atoms with E-state index in [1.165, 1.54) is 19.1 Å². The minimum Gasteiger partial charge on any atom is -0.353 e. The topological polar surface area (TPSA) is 87.2 Å². The molecular weight excluding hydrogens is 404 g/mol. The van der Waals surface area contributed by atoms with Gasteiger partial charge in [0.2, 0.25) is 5.91 Å². The van der Waals surface area contributed by atoms with Crippen LogP contribution in [0.2, 0.25) is 5.02 Å². The van der Waals surface area contributed by atoms with E-state index >= 15 is 0 Å². The van der Waals surface area contributed by atoms with Crippen molar-refractivity contribution in [2.45, 2.75) is 32.7 Å². The van der Waals surface area contributed by atoms with Gasteiger partial charge < -0.3 is 15.5 Å². The number of hydrogen-bond acceptors (Lipinski definition) is 5. The molecule has 0 bridgehead atoms. The number of carbonyl (C=O) groups excluding carboxylic acids is 2. The van der Waals surface area contributed by atoms with Gasteiger partial charge in [0.25, 0.3) is 12.3 Å². The highest BCUT2D eigenvalue weighted by Crippen LogP contribution is 2.30. The maximum Gasteiger partial charge on any atom is 0.265 e. The third-order valence-electron chi connectivity index (χ3n) is 4.44. The van der Waals surface area contributed by atoms with Gasteiger partial charge in [0.05, 0.1) is 5.02 Å². The summed E-state index contributed by atoms with van der Waals surface area (Å²) in [4.78, 5) is 33.9. The average molecular weight is 424 g/mol. The predicted octanol–water partition coefficient (Wildman–Crippen LogP) is 3.34. The van der Waals surface area contributed by atoms with Gasteiger partial charge in [-0.15, -0.1) is 0 Å². The summed E-state index contributed by atoms with van der Waals surface area (Å²) in [5.74, 6) is 0.163. The number of aryl methyl sites for hydroxylation is 1. The molecule has 2 N–H and O–H groups in total. The summed E-state index contributed by atoms with van der Waals surface area (Å²) in [5.41, 5.74) is 0.757. The van der Waals surface area contributed by atoms with E-state index in [0.717, 1.165) is 6.20 Å². The van der Waals surface area contributed by atoms with Gasteiger partial charge in [-0.1, -0.05) is 11.6 Å². The van der Waals surface area contributed by atoms with Gasteiger partial charge in [-0.2, -0.15) is 0 Å². The minimum absolute atomic E-state index is 0.152. The van der Waals surface area contributed by atoms with Crippen molar-refractivity contribution >= 4 is 35.1 Å². The van der Waals surface area contributed by atoms with Crippen LogP contribution in [0.4, 0.5) is 20.4 Å². The lowest BCUT2D eigenvalue weighted by Crippen LogP contribution is -2.37. The normalized spacial score (nSPS) is 16.2. The SMILES string of the molecule is CC(=O)Nc1cc(C(=O)N[C@@H]2CCN(c3ncc(C(F)F)cc3Cl)C2)cc(C)n1. The van der Waals surface area contributed by atoms with Crippen LogP contribution in [0.15, 0.2) is 24.4 Å². The summed E-state index contributed by atoms with van der Waals surface area (Å²) in [6, 6.07) is 4.20. The Morgan fingerprint density at radius 3 is 2.72 bits per heavy atom. The van der Waals surface area contributed by atoms with Crippen LogP contribution in [0, 0.1) is 6.92 Å². The molecule has 1 aliphatic rings. The Morgan fingerprint density at radius 2 is 2.07 bits per heavy atom. The van der Waals surface area contributed by atoms with Crippen LogP contribution < -0.4 is 15.5 Å². The summed E-state index contributed by atoms with van der Waals surface area (Å²) < 4.78 is 25.5. The van der Waals surface area contributed by atoms with E-state index in [-0.39, 0.29) is 28.4 Å². The number of rotatable bonds is 5. The zero-order chi connectivity index (χ0) is 21.1. The molecule has 1 atom stereocenters. The highest BCUT2D eigenvalue weighted by atomic mass is 35.5. The van der Waals surface area contributed by atoms with Crippen molar-refractivity contribution < 1.29 is 18.4 Å². The van der Waals surface area contributed by atoms with Crippen molar-refractivity contribution in [1.29, 1.82) is 0 Å². The van der Waals surface area contributed by atoms with Crippen LogP contribution in [0.25, 0.3) is 0 Å². The first-order chi connectivity index (χ1) is 13.7. The molecule has 1 fully saturated rings. The zero-order valence-corrected chi connectivity index (χ0v) is 16.6. The van der Waals surface area contributed by atoms with Crippen LogP contribution in [-0.4, -0.2) is 40.9 Å². The molecule has 0 spiro atoms. The lowest BCUT2D eigenvalue weighted by atomic mass is 10.2. The smallest absolute Gasteiger partial charge is 0.265 e. The molecule has 29 heavy (non-hydrogen) atoms. The summed E-state index contributed by atoms with van der Waals surface area (Å²) in [5, 5.41) is 5.66. The van der Waals surface area contributed by atoms with Gasteiger partial charge in [0, 0.05) is 49.1 Å². The molecule has 0 aliphatic carbocycles. The molecule has 3 rings (SSSR count). The Labute approximate surface area is 171 Å². The quantitative estimate of drug-likeness (QED) is 0.770. The van der Waals surface area contributed by atoms with Gasteiger partial charge in [-0.25, -0.2) is 18.7 Å². The molecule has 2 aromatic rings. The van der Waals surface area contributed by atoms with Crippen LogP contribution in [-0.2, 0) is 4.79 Å². The number of alkyl halides is 2. The van der Waals surface area contributed by atoms with Gasteiger partial charge >= 0.3 is 0 Å². The highest BCUT2D eigenvalue weighted by Gasteiger charge is 2.27. The molecule has 154 valence electrons. The Morgan fingerprint density at radius 1 is 1.31 bits per heavy atom. The lowest BCUT2D eigenvalue weighted by molar-refractivity contribution is -0.114. The fourth-order valence-corrected chi connectivity index (χ4v) is 3.48. The van der Waals surface area contributed by atoms with Gasteiger partial charge in [-0.05, 0) is 31.5 Å². The Hall–Kier alpha value is -2.81. The first-order valence-corrected chi connectivity index (χ1v) is 9.36. The first-order valence-electron chi connectivity index (χ1n) is 8.98. The molecule has 2 aromatic heterocycles. The Bertz CT molecular complexity index is 941. The van der Waals surface area contributed by atoms with Gasteiger partial charge in [0.1, 0.15) is 11.6 Å². The molecule has 0 unspecified atom stereocenters. The third kappa shape index (κ3) is 5.17. The average Bonchev–Trinajstić information content (AvgIpc) is 3.08. The maximum atomic E-state index is 12.8. The second-order valence-electron chi connectivity index (χ2n) is 6.84. The standard InChI is InChI=1S/C19H20ClF2N5O2/c1-10-5-12(7-16(24-10)25-11(2)28)19(29)26-14-3-4-27(9-14)18-15(20)6-13(8-23-18)17(21)22/h5-8,14,17H,3-4,9H2,1-2H3,(H,26,29)(H,24,25,28)/t14-/m1/s1. The lowest BCUT2D eigenvalue weighted by Gasteiger charge is -2.19. The zero-order valence-electron chi connectivity index (χ0n) is 15.9. The maximum absolute atomic E-state index is 12.8. The van der Waals surface area contributed by atoms with Crippen molar-refractivity contribution in [3.63, 3.8) is 0 Å². The second-order valence-corrected chi connectivity index (χ2v) is 7.25. The number of amides is 2. The number of carbonyl (C=O) groups is 2. The van der Waals surface area contributed by atoms with Crippen molar-refractivity contribution in [2.24, 2.45) is 0 Å². The van der Waals surface area contributed by atoms with E-state index in [0.29, 0.717) is 42.4 Å². The monoisotopic (exact) mass is 423 g/mol. The second kappa shape index (κ2) is 8.69. The molecular formula is C19H20ClF2N5O2. The molecule has 7 nitrogen and oxygen atoms in total. The van der Waals surface area contributed by atoms with Gasteiger partial charge in [-0.3, -0.25) is 9.59 Å². The molecule has 1 saturated heterocycles. The molecule has 0 saturated carbocycles. The first kappa shape index (κ1) is 20.9. The van der Waals surface area contributed by atoms with E-state index < -0.39 is 6.43 Å². The van der Waals surface area contributed by atoms with Crippen LogP contribution >= 0.6 is 11.6 Å². The highest BCUT2D eigenvalue weighted by molar-refractivity contribution is 6.33. The van der Waals surface area contributed by atoms with Gasteiger partial charge in [0.15, 0.2) is 0 Å². The van der Waals surface area contributed by atoms with Crippen molar-refractivity contribution in [3.8, 4) is 0 Å². The summed E-state index contributed by atoms with van der Waals surface area (Å²) >= 11 is 6.11. The number of nitrogens with one attached hydrogen (secondary N) is 2.